The number of amides is 1. The normalized spacial score (nSPS) is 16.1. The van der Waals surface area contributed by atoms with Crippen LogP contribution in [-0.2, 0) is 10.0 Å². The van der Waals surface area contributed by atoms with Gasteiger partial charge in [-0.2, -0.15) is 4.31 Å². The van der Waals surface area contributed by atoms with Gasteiger partial charge in [-0.15, -0.1) is 0 Å². The van der Waals surface area contributed by atoms with Crippen molar-refractivity contribution in [2.75, 3.05) is 20.2 Å². The number of nitrogens with zero attached hydrogens (tertiary/aromatic N) is 2. The molecule has 1 fully saturated rings. The fraction of sp³-hybridized carbons (Fsp3) is 0.333. The molecule has 1 aromatic carbocycles. The van der Waals surface area contributed by atoms with E-state index in [1.165, 1.54) is 29.7 Å². The largest absolute Gasteiger partial charge is 0.497 e. The maximum atomic E-state index is 12.8. The van der Waals surface area contributed by atoms with Gasteiger partial charge in [-0.3, -0.25) is 4.79 Å². The lowest BCUT2D eigenvalue weighted by Crippen LogP contribution is -2.46. The number of sulfonamides is 1. The van der Waals surface area contributed by atoms with E-state index in [2.05, 4.69) is 10.3 Å². The van der Waals surface area contributed by atoms with Gasteiger partial charge in [-0.05, 0) is 49.2 Å². The highest BCUT2D eigenvalue weighted by Crippen LogP contribution is 2.23. The molecule has 0 aliphatic carbocycles. The van der Waals surface area contributed by atoms with Crippen molar-refractivity contribution in [2.24, 2.45) is 0 Å². The molecule has 1 aliphatic rings. The molecule has 9 heteroatoms. The van der Waals surface area contributed by atoms with Crippen molar-refractivity contribution < 1.29 is 17.9 Å². The number of benzene rings is 1. The van der Waals surface area contributed by atoms with E-state index in [1.54, 1.807) is 24.3 Å². The first-order valence-corrected chi connectivity index (χ1v) is 10.3. The molecule has 1 N–H and O–H groups in total. The Hall–Kier alpha value is -2.16. The zero-order valence-corrected chi connectivity index (χ0v) is 16.3. The minimum absolute atomic E-state index is 0.115. The van der Waals surface area contributed by atoms with Crippen molar-refractivity contribution >= 4 is 27.5 Å². The Balaban J connectivity index is 1.61. The van der Waals surface area contributed by atoms with Crippen molar-refractivity contribution in [3.05, 3.63) is 53.3 Å². The summed E-state index contributed by atoms with van der Waals surface area (Å²) in [6.07, 6.45) is 2.57. The zero-order valence-electron chi connectivity index (χ0n) is 14.8. The van der Waals surface area contributed by atoms with Gasteiger partial charge in [0.05, 0.1) is 17.6 Å². The quantitative estimate of drug-likeness (QED) is 0.765. The number of carbonyl (C=O) groups is 1. The number of aromatic nitrogens is 1. The number of halogens is 1. The summed E-state index contributed by atoms with van der Waals surface area (Å²) in [7, 11) is -2.03. The zero-order chi connectivity index (χ0) is 19.4. The Morgan fingerprint density at radius 2 is 1.89 bits per heavy atom. The van der Waals surface area contributed by atoms with Crippen molar-refractivity contribution in [1.29, 1.82) is 0 Å². The van der Waals surface area contributed by atoms with Gasteiger partial charge in [-0.1, -0.05) is 11.6 Å². The van der Waals surface area contributed by atoms with Crippen molar-refractivity contribution in [2.45, 2.75) is 23.8 Å². The van der Waals surface area contributed by atoms with Crippen molar-refractivity contribution in [1.82, 2.24) is 14.6 Å². The lowest BCUT2D eigenvalue weighted by atomic mass is 10.1. The number of nitrogens with one attached hydrogen (secondary N) is 1. The summed E-state index contributed by atoms with van der Waals surface area (Å²) < 4.78 is 32.0. The Kier molecular flexibility index (Phi) is 5.98. The molecule has 0 unspecified atom stereocenters. The maximum absolute atomic E-state index is 12.8. The van der Waals surface area contributed by atoms with E-state index >= 15 is 0 Å². The highest BCUT2D eigenvalue weighted by molar-refractivity contribution is 7.89. The Morgan fingerprint density at radius 1 is 1.22 bits per heavy atom. The van der Waals surface area contributed by atoms with Crippen LogP contribution in [0.1, 0.15) is 23.2 Å². The van der Waals surface area contributed by atoms with Gasteiger partial charge in [-0.25, -0.2) is 13.4 Å². The molecule has 3 rings (SSSR count). The van der Waals surface area contributed by atoms with Gasteiger partial charge in [0.15, 0.2) is 0 Å². The van der Waals surface area contributed by atoms with Crippen LogP contribution in [0.25, 0.3) is 0 Å². The number of carbonyl (C=O) groups excluding carboxylic acids is 1. The van der Waals surface area contributed by atoms with Crippen LogP contribution in [0.3, 0.4) is 0 Å². The maximum Gasteiger partial charge on any atom is 0.254 e. The number of rotatable bonds is 5. The van der Waals surface area contributed by atoms with Crippen LogP contribution < -0.4 is 10.1 Å². The third-order valence-electron chi connectivity index (χ3n) is 4.49. The van der Waals surface area contributed by atoms with Gasteiger partial charge in [0, 0.05) is 25.3 Å². The van der Waals surface area contributed by atoms with Crippen LogP contribution in [0.15, 0.2) is 47.5 Å². The van der Waals surface area contributed by atoms with Crippen LogP contribution >= 0.6 is 11.6 Å². The molecule has 0 atom stereocenters. The Morgan fingerprint density at radius 3 is 2.48 bits per heavy atom. The number of hydrogen-bond acceptors (Lipinski definition) is 5. The third-order valence-corrected chi connectivity index (χ3v) is 6.70. The molecule has 2 heterocycles. The molecule has 0 saturated carbocycles. The monoisotopic (exact) mass is 409 g/mol. The number of piperidine rings is 1. The molecule has 0 bridgehead atoms. The Labute approximate surface area is 163 Å². The summed E-state index contributed by atoms with van der Waals surface area (Å²) in [4.78, 5) is 16.4. The lowest BCUT2D eigenvalue weighted by Gasteiger charge is -2.31. The summed E-state index contributed by atoms with van der Waals surface area (Å²) in [5, 5.41) is 3.05. The average Bonchev–Trinajstić information content (AvgIpc) is 2.68. The summed E-state index contributed by atoms with van der Waals surface area (Å²) in [5.74, 6) is 0.300. The van der Waals surface area contributed by atoms with E-state index in [1.807, 2.05) is 0 Å². The second-order valence-corrected chi connectivity index (χ2v) is 8.47. The summed E-state index contributed by atoms with van der Waals surface area (Å²) >= 11 is 5.94. The van der Waals surface area contributed by atoms with Crippen LogP contribution in [0, 0.1) is 0 Å². The lowest BCUT2D eigenvalue weighted by molar-refractivity contribution is 0.0923. The molecule has 2 aromatic rings. The first kappa shape index (κ1) is 19.6. The second kappa shape index (κ2) is 8.24. The van der Waals surface area contributed by atoms with E-state index in [0.717, 1.165) is 0 Å². The van der Waals surface area contributed by atoms with Crippen LogP contribution in [0.5, 0.6) is 5.75 Å². The average molecular weight is 410 g/mol. The predicted molar refractivity (Wildman–Crippen MR) is 101 cm³/mol. The molecule has 7 nitrogen and oxygen atoms in total. The SMILES string of the molecule is COc1ccc(S(=O)(=O)N2CCC(NC(=O)c3cccnc3Cl)CC2)cc1. The number of ether oxygens (including phenoxy) is 1. The first-order chi connectivity index (χ1) is 12.9. The smallest absolute Gasteiger partial charge is 0.254 e. The Bertz CT molecular complexity index is 910. The molecule has 0 spiro atoms. The van der Waals surface area contributed by atoms with Gasteiger partial charge in [0.25, 0.3) is 5.91 Å². The van der Waals surface area contributed by atoms with Crippen LogP contribution in [0.4, 0.5) is 0 Å². The minimum atomic E-state index is -3.56. The number of pyridine rings is 1. The second-order valence-electron chi connectivity index (χ2n) is 6.17. The molecule has 1 aromatic heterocycles. The highest BCUT2D eigenvalue weighted by Gasteiger charge is 2.30. The molecule has 27 heavy (non-hydrogen) atoms. The third kappa shape index (κ3) is 4.40. The summed E-state index contributed by atoms with van der Waals surface area (Å²) in [6, 6.07) is 9.45. The van der Waals surface area contributed by atoms with Crippen LogP contribution in [0.2, 0.25) is 5.15 Å². The van der Waals surface area contributed by atoms with E-state index in [-0.39, 0.29) is 22.0 Å². The van der Waals surface area contributed by atoms with Gasteiger partial charge < -0.3 is 10.1 Å². The number of hydrogen-bond donors (Lipinski definition) is 1. The molecule has 0 radical (unpaired) electrons. The van der Waals surface area contributed by atoms with Gasteiger partial charge in [0.1, 0.15) is 10.9 Å². The van der Waals surface area contributed by atoms with Crippen molar-refractivity contribution in [3.63, 3.8) is 0 Å². The highest BCUT2D eigenvalue weighted by atomic mass is 35.5. The van der Waals surface area contributed by atoms with E-state index in [0.29, 0.717) is 37.2 Å². The van der Waals surface area contributed by atoms with E-state index in [9.17, 15) is 13.2 Å². The molecular weight excluding hydrogens is 390 g/mol. The number of methoxy groups -OCH3 is 1. The minimum Gasteiger partial charge on any atom is -0.497 e. The molecular formula is C18H20ClN3O4S. The fourth-order valence-corrected chi connectivity index (χ4v) is 4.63. The van der Waals surface area contributed by atoms with Gasteiger partial charge >= 0.3 is 0 Å². The fourth-order valence-electron chi connectivity index (χ4n) is 2.96. The summed E-state index contributed by atoms with van der Waals surface area (Å²) in [5.41, 5.74) is 0.312. The molecule has 1 aliphatic heterocycles. The van der Waals surface area contributed by atoms with Crippen molar-refractivity contribution in [3.8, 4) is 5.75 Å². The predicted octanol–water partition coefficient (Wildman–Crippen LogP) is 2.33. The molecule has 144 valence electrons. The molecule has 1 saturated heterocycles. The van der Waals surface area contributed by atoms with E-state index < -0.39 is 10.0 Å². The van der Waals surface area contributed by atoms with Gasteiger partial charge in [0.2, 0.25) is 10.0 Å². The standard InChI is InChI=1S/C18H20ClN3O4S/c1-26-14-4-6-15(7-5-14)27(24,25)22-11-8-13(9-12-22)21-18(23)16-3-2-10-20-17(16)19/h2-7,10,13H,8-9,11-12H2,1H3,(H,21,23). The van der Waals surface area contributed by atoms with E-state index in [4.69, 9.17) is 16.3 Å². The summed E-state index contributed by atoms with van der Waals surface area (Å²) in [6.45, 7) is 0.667. The topological polar surface area (TPSA) is 88.6 Å². The van der Waals surface area contributed by atoms with Crippen LogP contribution in [-0.4, -0.2) is 49.9 Å². The first-order valence-electron chi connectivity index (χ1n) is 8.47. The molecule has 1 amide bonds.